The van der Waals surface area contributed by atoms with Crippen molar-refractivity contribution in [3.63, 3.8) is 0 Å². The number of nitrogens with zero attached hydrogens (tertiary/aromatic N) is 1. The Labute approximate surface area is 91.3 Å². The fourth-order valence-corrected chi connectivity index (χ4v) is 2.00. The molecule has 0 fully saturated rings. The number of rotatable bonds is 2. The van der Waals surface area contributed by atoms with Gasteiger partial charge in [-0.1, -0.05) is 6.07 Å². The van der Waals surface area contributed by atoms with Gasteiger partial charge in [-0.3, -0.25) is 0 Å². The van der Waals surface area contributed by atoms with Crippen LogP contribution in [0.15, 0.2) is 23.1 Å². The van der Waals surface area contributed by atoms with Gasteiger partial charge in [0.1, 0.15) is 0 Å². The molecule has 0 N–H and O–H groups in total. The van der Waals surface area contributed by atoms with Crippen molar-refractivity contribution in [3.8, 4) is 6.07 Å². The SMILES string of the molecule is N#CCCc1ccc(I)cc1S. The Balaban J connectivity index is 2.81. The largest absolute Gasteiger partial charge is 0.198 e. The lowest BCUT2D eigenvalue weighted by molar-refractivity contribution is 0.979. The van der Waals surface area contributed by atoms with Crippen molar-refractivity contribution >= 4 is 35.2 Å². The average molecular weight is 289 g/mol. The second-order valence-corrected chi connectivity index (χ2v) is 4.16. The first-order valence-electron chi connectivity index (χ1n) is 3.58. The van der Waals surface area contributed by atoms with Gasteiger partial charge in [-0.05, 0) is 46.7 Å². The molecule has 0 saturated heterocycles. The smallest absolute Gasteiger partial charge is 0.0625 e. The summed E-state index contributed by atoms with van der Waals surface area (Å²) >= 11 is 6.57. The van der Waals surface area contributed by atoms with E-state index in [1.807, 2.05) is 18.2 Å². The Morgan fingerprint density at radius 1 is 1.50 bits per heavy atom. The van der Waals surface area contributed by atoms with E-state index in [4.69, 9.17) is 5.26 Å². The predicted molar refractivity (Wildman–Crippen MR) is 60.3 cm³/mol. The van der Waals surface area contributed by atoms with E-state index in [0.717, 1.165) is 16.9 Å². The highest BCUT2D eigenvalue weighted by Gasteiger charge is 1.98. The van der Waals surface area contributed by atoms with Crippen LogP contribution in [-0.4, -0.2) is 0 Å². The van der Waals surface area contributed by atoms with Gasteiger partial charge in [-0.25, -0.2) is 0 Å². The molecule has 0 aliphatic carbocycles. The van der Waals surface area contributed by atoms with Crippen LogP contribution in [0.5, 0.6) is 0 Å². The van der Waals surface area contributed by atoms with Crippen LogP contribution in [0.2, 0.25) is 0 Å². The van der Waals surface area contributed by atoms with Gasteiger partial charge in [0.05, 0.1) is 6.07 Å². The Bertz CT molecular complexity index is 317. The summed E-state index contributed by atoms with van der Waals surface area (Å²) in [4.78, 5) is 0.983. The maximum atomic E-state index is 8.40. The molecule has 0 aromatic heterocycles. The van der Waals surface area contributed by atoms with E-state index in [9.17, 15) is 0 Å². The standard InChI is InChI=1S/C9H8INS/c10-8-4-3-7(2-1-5-11)9(12)6-8/h3-4,6,12H,1-2H2. The van der Waals surface area contributed by atoms with Crippen molar-refractivity contribution in [2.24, 2.45) is 0 Å². The third kappa shape index (κ3) is 2.68. The first-order valence-corrected chi connectivity index (χ1v) is 5.11. The summed E-state index contributed by atoms with van der Waals surface area (Å²) < 4.78 is 1.18. The molecule has 1 aromatic rings. The van der Waals surface area contributed by atoms with E-state index < -0.39 is 0 Å². The van der Waals surface area contributed by atoms with Crippen LogP contribution in [0.4, 0.5) is 0 Å². The monoisotopic (exact) mass is 289 g/mol. The van der Waals surface area contributed by atoms with Crippen molar-refractivity contribution in [3.05, 3.63) is 27.3 Å². The molecule has 3 heteroatoms. The summed E-state index contributed by atoms with van der Waals surface area (Å²) in [6.07, 6.45) is 1.36. The molecule has 1 aromatic carbocycles. The van der Waals surface area contributed by atoms with Crippen molar-refractivity contribution in [1.29, 1.82) is 5.26 Å². The minimum absolute atomic E-state index is 0.564. The van der Waals surface area contributed by atoms with Gasteiger partial charge in [0.25, 0.3) is 0 Å². The zero-order valence-corrected chi connectivity index (χ0v) is 9.47. The van der Waals surface area contributed by atoms with E-state index in [1.165, 1.54) is 3.57 Å². The molecule has 0 radical (unpaired) electrons. The minimum atomic E-state index is 0.564. The number of hydrogen-bond donors (Lipinski definition) is 1. The molecule has 0 bridgehead atoms. The van der Waals surface area contributed by atoms with Gasteiger partial charge in [0.2, 0.25) is 0 Å². The van der Waals surface area contributed by atoms with Crippen molar-refractivity contribution in [2.45, 2.75) is 17.7 Å². The Morgan fingerprint density at radius 3 is 2.83 bits per heavy atom. The van der Waals surface area contributed by atoms with E-state index in [2.05, 4.69) is 41.3 Å². The molecule has 1 nitrogen and oxygen atoms in total. The minimum Gasteiger partial charge on any atom is -0.198 e. The van der Waals surface area contributed by atoms with Crippen LogP contribution >= 0.6 is 35.2 Å². The summed E-state index contributed by atoms with van der Waals surface area (Å²) in [7, 11) is 0. The Hall–Kier alpha value is -0.210. The van der Waals surface area contributed by atoms with Crippen LogP contribution in [0.3, 0.4) is 0 Å². The van der Waals surface area contributed by atoms with E-state index in [-0.39, 0.29) is 0 Å². The Morgan fingerprint density at radius 2 is 2.25 bits per heavy atom. The molecule has 62 valence electrons. The summed E-state index contributed by atoms with van der Waals surface area (Å²) in [5.74, 6) is 0. The molecule has 0 saturated carbocycles. The molecule has 0 heterocycles. The van der Waals surface area contributed by atoms with E-state index >= 15 is 0 Å². The van der Waals surface area contributed by atoms with Crippen LogP contribution in [0, 0.1) is 14.9 Å². The molecule has 0 aliphatic rings. The molecule has 0 atom stereocenters. The predicted octanol–water partition coefficient (Wildman–Crippen LogP) is 3.04. The van der Waals surface area contributed by atoms with Gasteiger partial charge < -0.3 is 0 Å². The molecule has 0 aliphatic heterocycles. The highest BCUT2D eigenvalue weighted by molar-refractivity contribution is 14.1. The second kappa shape index (κ2) is 4.73. The Kier molecular flexibility index (Phi) is 3.89. The van der Waals surface area contributed by atoms with E-state index in [1.54, 1.807) is 0 Å². The van der Waals surface area contributed by atoms with Gasteiger partial charge >= 0.3 is 0 Å². The lowest BCUT2D eigenvalue weighted by atomic mass is 10.1. The van der Waals surface area contributed by atoms with Crippen molar-refractivity contribution < 1.29 is 0 Å². The first kappa shape index (κ1) is 9.87. The quantitative estimate of drug-likeness (QED) is 0.656. The van der Waals surface area contributed by atoms with Gasteiger partial charge in [0, 0.05) is 14.9 Å². The van der Waals surface area contributed by atoms with Crippen molar-refractivity contribution in [1.82, 2.24) is 0 Å². The average Bonchev–Trinajstić information content (AvgIpc) is 2.03. The molecular weight excluding hydrogens is 281 g/mol. The maximum Gasteiger partial charge on any atom is 0.0625 e. The first-order chi connectivity index (χ1) is 5.74. The summed E-state index contributed by atoms with van der Waals surface area (Å²) in [5.41, 5.74) is 1.15. The van der Waals surface area contributed by atoms with Crippen LogP contribution in [0.1, 0.15) is 12.0 Å². The maximum absolute atomic E-state index is 8.40. The zero-order chi connectivity index (χ0) is 8.97. The molecule has 1 rings (SSSR count). The molecule has 0 unspecified atom stereocenters. The zero-order valence-electron chi connectivity index (χ0n) is 6.42. The number of aryl methyl sites for hydroxylation is 1. The molecular formula is C9H8INS. The fraction of sp³-hybridized carbons (Fsp3) is 0.222. The third-order valence-corrected chi connectivity index (χ3v) is 2.64. The topological polar surface area (TPSA) is 23.8 Å². The molecule has 12 heavy (non-hydrogen) atoms. The number of thiol groups is 1. The van der Waals surface area contributed by atoms with Crippen LogP contribution in [-0.2, 0) is 6.42 Å². The lowest BCUT2D eigenvalue weighted by Crippen LogP contribution is -1.86. The summed E-state index contributed by atoms with van der Waals surface area (Å²) in [5, 5.41) is 8.40. The van der Waals surface area contributed by atoms with Crippen LogP contribution in [0.25, 0.3) is 0 Å². The summed E-state index contributed by atoms with van der Waals surface area (Å²) in [6.45, 7) is 0. The number of benzene rings is 1. The fourth-order valence-electron chi connectivity index (χ4n) is 0.939. The number of hydrogen-bond acceptors (Lipinski definition) is 2. The van der Waals surface area contributed by atoms with Crippen molar-refractivity contribution in [2.75, 3.05) is 0 Å². The summed E-state index contributed by atoms with van der Waals surface area (Å²) in [6, 6.07) is 8.20. The van der Waals surface area contributed by atoms with Gasteiger partial charge in [0.15, 0.2) is 0 Å². The van der Waals surface area contributed by atoms with Gasteiger partial charge in [-0.2, -0.15) is 5.26 Å². The normalized spacial score (nSPS) is 9.42. The number of nitriles is 1. The van der Waals surface area contributed by atoms with Crippen LogP contribution < -0.4 is 0 Å². The van der Waals surface area contributed by atoms with Gasteiger partial charge in [-0.15, -0.1) is 12.6 Å². The molecule has 0 spiro atoms. The second-order valence-electron chi connectivity index (χ2n) is 2.43. The lowest BCUT2D eigenvalue weighted by Gasteiger charge is -2.01. The van der Waals surface area contributed by atoms with E-state index in [0.29, 0.717) is 6.42 Å². The highest BCUT2D eigenvalue weighted by atomic mass is 127. The third-order valence-electron chi connectivity index (χ3n) is 1.55. The highest BCUT2D eigenvalue weighted by Crippen LogP contribution is 2.18. The molecule has 0 amide bonds. The number of halogens is 1.